The Morgan fingerprint density at radius 3 is 2.47 bits per heavy atom. The number of hydrogen-bond donors (Lipinski definition) is 2. The first-order valence-electron chi connectivity index (χ1n) is 5.15. The molecule has 5 heteroatoms. The topological polar surface area (TPSA) is 75.0 Å². The van der Waals surface area contributed by atoms with E-state index in [1.54, 1.807) is 0 Å². The van der Waals surface area contributed by atoms with Crippen LogP contribution in [0.15, 0.2) is 39.9 Å². The Labute approximate surface area is 97.1 Å². The van der Waals surface area contributed by atoms with Crippen LogP contribution in [0.5, 0.6) is 5.75 Å². The van der Waals surface area contributed by atoms with E-state index in [1.165, 1.54) is 6.07 Å². The van der Waals surface area contributed by atoms with Crippen LogP contribution >= 0.6 is 0 Å². The molecule has 0 amide bonds. The fourth-order valence-electron chi connectivity index (χ4n) is 1.33. The molecule has 2 aromatic rings. The highest BCUT2D eigenvalue weighted by molar-refractivity contribution is 5.26. The Bertz CT molecular complexity index is 611. The highest BCUT2D eigenvalue weighted by Crippen LogP contribution is 2.12. The molecular weight excluding hydrogens is 220 g/mol. The van der Waals surface area contributed by atoms with Crippen molar-refractivity contribution in [1.82, 2.24) is 10.2 Å². The number of aromatic amines is 2. The van der Waals surface area contributed by atoms with E-state index in [0.29, 0.717) is 11.4 Å². The van der Waals surface area contributed by atoms with E-state index in [-0.39, 0.29) is 6.61 Å². The second kappa shape index (κ2) is 4.69. The molecule has 0 atom stereocenters. The van der Waals surface area contributed by atoms with Gasteiger partial charge in [0.1, 0.15) is 12.4 Å². The van der Waals surface area contributed by atoms with Crippen LogP contribution in [0.1, 0.15) is 11.3 Å². The summed E-state index contributed by atoms with van der Waals surface area (Å²) in [5.41, 5.74) is 0.431. The van der Waals surface area contributed by atoms with Crippen molar-refractivity contribution < 1.29 is 4.74 Å². The molecular formula is C12H12N2O3. The number of H-pyrrole nitrogens is 2. The number of hydrogen-bond acceptors (Lipinski definition) is 3. The molecule has 1 heterocycles. The van der Waals surface area contributed by atoms with Crippen molar-refractivity contribution in [3.05, 3.63) is 62.2 Å². The molecule has 0 aliphatic heterocycles. The first kappa shape index (κ1) is 11.2. The van der Waals surface area contributed by atoms with Gasteiger partial charge in [0.05, 0.1) is 5.69 Å². The smallest absolute Gasteiger partial charge is 0.310 e. The second-order valence-electron chi connectivity index (χ2n) is 3.71. The third kappa shape index (κ3) is 2.84. The van der Waals surface area contributed by atoms with Crippen molar-refractivity contribution in [2.45, 2.75) is 13.5 Å². The molecule has 88 valence electrons. The molecule has 2 N–H and O–H groups in total. The zero-order valence-electron chi connectivity index (χ0n) is 9.32. The summed E-state index contributed by atoms with van der Waals surface area (Å²) >= 11 is 0. The van der Waals surface area contributed by atoms with Crippen molar-refractivity contribution >= 4 is 0 Å². The van der Waals surface area contributed by atoms with E-state index in [2.05, 4.69) is 10.2 Å². The van der Waals surface area contributed by atoms with Crippen LogP contribution in [0, 0.1) is 6.92 Å². The molecule has 5 nitrogen and oxygen atoms in total. The number of aryl methyl sites for hydroxylation is 1. The average molecular weight is 232 g/mol. The van der Waals surface area contributed by atoms with Gasteiger partial charge in [0.2, 0.25) is 5.43 Å². The molecule has 17 heavy (non-hydrogen) atoms. The summed E-state index contributed by atoms with van der Waals surface area (Å²) in [7, 11) is 0. The van der Waals surface area contributed by atoms with Crippen molar-refractivity contribution in [3.63, 3.8) is 0 Å². The molecule has 0 radical (unpaired) electrons. The molecule has 0 aliphatic rings. The van der Waals surface area contributed by atoms with E-state index in [4.69, 9.17) is 4.74 Å². The standard InChI is InChI=1S/C12H12N2O3/c1-8-2-4-10(5-3-8)17-7-9-6-11(15)12(16)14-13-9/h2-6H,7H2,1H3,(H,13,15)(H,14,16). The SMILES string of the molecule is Cc1ccc(OCc2cc(=O)c(=O)[nH][nH]2)cc1. The fourth-order valence-corrected chi connectivity index (χ4v) is 1.33. The maximum absolute atomic E-state index is 11.1. The zero-order valence-corrected chi connectivity index (χ0v) is 9.32. The highest BCUT2D eigenvalue weighted by atomic mass is 16.5. The van der Waals surface area contributed by atoms with Crippen LogP contribution in [-0.2, 0) is 6.61 Å². The van der Waals surface area contributed by atoms with Crippen LogP contribution in [0.2, 0.25) is 0 Å². The second-order valence-corrected chi connectivity index (χ2v) is 3.71. The van der Waals surface area contributed by atoms with E-state index < -0.39 is 11.0 Å². The molecule has 0 saturated heterocycles. The van der Waals surface area contributed by atoms with Gasteiger partial charge in [-0.1, -0.05) is 17.7 Å². The predicted octanol–water partition coefficient (Wildman–Crippen LogP) is 0.951. The van der Waals surface area contributed by atoms with Crippen molar-refractivity contribution in [2.75, 3.05) is 0 Å². The number of aromatic nitrogens is 2. The Morgan fingerprint density at radius 2 is 1.82 bits per heavy atom. The van der Waals surface area contributed by atoms with Crippen LogP contribution in [-0.4, -0.2) is 10.2 Å². The summed E-state index contributed by atoms with van der Waals surface area (Å²) in [5.74, 6) is 0.711. The fraction of sp³-hybridized carbons (Fsp3) is 0.167. The molecule has 1 aromatic heterocycles. The summed E-state index contributed by atoms with van der Waals surface area (Å²) in [6.07, 6.45) is 0. The molecule has 1 aromatic carbocycles. The summed E-state index contributed by atoms with van der Waals surface area (Å²) in [6, 6.07) is 8.79. The van der Waals surface area contributed by atoms with E-state index >= 15 is 0 Å². The van der Waals surface area contributed by atoms with E-state index in [1.807, 2.05) is 31.2 Å². The third-order valence-electron chi connectivity index (χ3n) is 2.28. The van der Waals surface area contributed by atoms with Crippen LogP contribution in [0.4, 0.5) is 0 Å². The van der Waals surface area contributed by atoms with Gasteiger partial charge in [-0.2, -0.15) is 0 Å². The minimum Gasteiger partial charge on any atom is -0.487 e. The van der Waals surface area contributed by atoms with Crippen LogP contribution in [0.25, 0.3) is 0 Å². The van der Waals surface area contributed by atoms with Gasteiger partial charge in [-0.25, -0.2) is 0 Å². The molecule has 0 bridgehead atoms. The zero-order chi connectivity index (χ0) is 12.3. The van der Waals surface area contributed by atoms with Gasteiger partial charge >= 0.3 is 5.56 Å². The number of nitrogens with one attached hydrogen (secondary N) is 2. The first-order valence-corrected chi connectivity index (χ1v) is 5.15. The van der Waals surface area contributed by atoms with E-state index in [9.17, 15) is 9.59 Å². The van der Waals surface area contributed by atoms with Gasteiger partial charge in [0, 0.05) is 6.07 Å². The van der Waals surface area contributed by atoms with E-state index in [0.717, 1.165) is 5.56 Å². The van der Waals surface area contributed by atoms with Gasteiger partial charge < -0.3 is 4.74 Å². The average Bonchev–Trinajstić information content (AvgIpc) is 2.33. The molecule has 0 saturated carbocycles. The lowest BCUT2D eigenvalue weighted by Gasteiger charge is -2.05. The minimum atomic E-state index is -0.663. The lowest BCUT2D eigenvalue weighted by atomic mass is 10.2. The highest BCUT2D eigenvalue weighted by Gasteiger charge is 1.99. The summed E-state index contributed by atoms with van der Waals surface area (Å²) in [5, 5.41) is 4.84. The maximum atomic E-state index is 11.1. The minimum absolute atomic E-state index is 0.203. The number of benzene rings is 1. The predicted molar refractivity (Wildman–Crippen MR) is 63.2 cm³/mol. The van der Waals surface area contributed by atoms with Gasteiger partial charge in [-0.05, 0) is 19.1 Å². The Balaban J connectivity index is 2.07. The number of rotatable bonds is 3. The number of ether oxygens (including phenoxy) is 1. The van der Waals surface area contributed by atoms with Crippen molar-refractivity contribution in [1.29, 1.82) is 0 Å². The van der Waals surface area contributed by atoms with Gasteiger partial charge in [0.15, 0.2) is 0 Å². The van der Waals surface area contributed by atoms with Crippen molar-refractivity contribution in [3.8, 4) is 5.75 Å². The lowest BCUT2D eigenvalue weighted by Crippen LogP contribution is -2.28. The monoisotopic (exact) mass is 232 g/mol. The summed E-state index contributed by atoms with van der Waals surface area (Å²) in [4.78, 5) is 21.9. The van der Waals surface area contributed by atoms with Gasteiger partial charge in [-0.3, -0.25) is 19.8 Å². The Kier molecular flexibility index (Phi) is 3.09. The van der Waals surface area contributed by atoms with Crippen molar-refractivity contribution in [2.24, 2.45) is 0 Å². The third-order valence-corrected chi connectivity index (χ3v) is 2.28. The van der Waals surface area contributed by atoms with Crippen LogP contribution in [0.3, 0.4) is 0 Å². The summed E-state index contributed by atoms with van der Waals surface area (Å²) in [6.45, 7) is 2.19. The normalized spacial score (nSPS) is 10.2. The molecule has 0 fully saturated rings. The summed E-state index contributed by atoms with van der Waals surface area (Å²) < 4.78 is 5.45. The Hall–Kier alpha value is -2.30. The quantitative estimate of drug-likeness (QED) is 0.774. The first-order chi connectivity index (χ1) is 8.15. The molecule has 2 rings (SSSR count). The molecule has 0 aliphatic carbocycles. The van der Waals surface area contributed by atoms with Gasteiger partial charge in [-0.15, -0.1) is 0 Å². The maximum Gasteiger partial charge on any atom is 0.310 e. The largest absolute Gasteiger partial charge is 0.487 e. The lowest BCUT2D eigenvalue weighted by molar-refractivity contribution is 0.299. The Morgan fingerprint density at radius 1 is 1.12 bits per heavy atom. The molecule has 0 unspecified atom stereocenters. The van der Waals surface area contributed by atoms with Gasteiger partial charge in [0.25, 0.3) is 0 Å². The molecule has 0 spiro atoms. The van der Waals surface area contributed by atoms with Crippen LogP contribution < -0.4 is 15.7 Å².